The lowest BCUT2D eigenvalue weighted by molar-refractivity contribution is 0.663. The van der Waals surface area contributed by atoms with Crippen molar-refractivity contribution in [3.8, 4) is 44.5 Å². The standard InChI is InChI=1S/C74H48N2O2/c1-5-21-49(22-6-1)59-29-13-17-33-66(59)75(67-34-18-14-30-60(67)50-23-7-2-8-24-50)57-39-37-53-45-64-63-41-42-70-73(74(63)78-71(64)47-55(53)43-57)65-46-54-38-40-58(44-56(54)48-72(65)77-70)76(68-35-19-15-31-61(68)51-25-9-3-10-26-51)69-36-20-16-32-62(69)52-27-11-4-12-28-52/h1-48H. The van der Waals surface area contributed by atoms with Crippen molar-refractivity contribution >= 4 is 99.5 Å². The van der Waals surface area contributed by atoms with Gasteiger partial charge in [-0.2, -0.15) is 0 Å². The van der Waals surface area contributed by atoms with E-state index in [1.54, 1.807) is 0 Å². The van der Waals surface area contributed by atoms with E-state index in [1.165, 1.54) is 0 Å². The van der Waals surface area contributed by atoms with Gasteiger partial charge in [-0.1, -0.05) is 206 Å². The molecule has 0 spiro atoms. The first-order valence-corrected chi connectivity index (χ1v) is 26.6. The first-order chi connectivity index (χ1) is 38.7. The molecule has 366 valence electrons. The molecule has 0 aliphatic rings. The Morgan fingerprint density at radius 2 is 0.590 bits per heavy atom. The van der Waals surface area contributed by atoms with E-state index in [2.05, 4.69) is 301 Å². The number of benzene rings is 13. The molecule has 0 unspecified atom stereocenters. The predicted octanol–water partition coefficient (Wildman–Crippen LogP) is 21.4. The van der Waals surface area contributed by atoms with Crippen LogP contribution in [-0.4, -0.2) is 0 Å². The van der Waals surface area contributed by atoms with Crippen LogP contribution in [0.1, 0.15) is 0 Å². The van der Waals surface area contributed by atoms with Gasteiger partial charge in [0.15, 0.2) is 0 Å². The number of fused-ring (bicyclic) bond motifs is 9. The Morgan fingerprint density at radius 1 is 0.231 bits per heavy atom. The van der Waals surface area contributed by atoms with Crippen molar-refractivity contribution in [1.29, 1.82) is 0 Å². The lowest BCUT2D eigenvalue weighted by Gasteiger charge is -2.30. The fourth-order valence-electron chi connectivity index (χ4n) is 11.8. The third kappa shape index (κ3) is 7.69. The van der Waals surface area contributed by atoms with E-state index in [4.69, 9.17) is 8.83 Å². The molecule has 0 N–H and O–H groups in total. The zero-order valence-corrected chi connectivity index (χ0v) is 42.4. The van der Waals surface area contributed by atoms with E-state index in [0.717, 1.165) is 144 Å². The summed E-state index contributed by atoms with van der Waals surface area (Å²) in [7, 11) is 0. The minimum Gasteiger partial charge on any atom is -0.456 e. The van der Waals surface area contributed by atoms with Crippen LogP contribution in [0.15, 0.2) is 300 Å². The first kappa shape index (κ1) is 45.0. The molecular formula is C74H48N2O2. The third-order valence-corrected chi connectivity index (χ3v) is 15.4. The van der Waals surface area contributed by atoms with Crippen molar-refractivity contribution in [3.63, 3.8) is 0 Å². The Balaban J connectivity index is 0.868. The number of para-hydroxylation sites is 4. The van der Waals surface area contributed by atoms with E-state index in [-0.39, 0.29) is 0 Å². The maximum atomic E-state index is 7.04. The third-order valence-electron chi connectivity index (χ3n) is 15.4. The molecule has 4 nitrogen and oxygen atoms in total. The smallest absolute Gasteiger partial charge is 0.147 e. The molecule has 78 heavy (non-hydrogen) atoms. The van der Waals surface area contributed by atoms with Gasteiger partial charge in [-0.05, 0) is 129 Å². The van der Waals surface area contributed by atoms with Crippen LogP contribution in [0.5, 0.6) is 0 Å². The molecule has 0 aliphatic heterocycles. The minimum atomic E-state index is 0.791. The van der Waals surface area contributed by atoms with Gasteiger partial charge in [-0.25, -0.2) is 0 Å². The summed E-state index contributed by atoms with van der Waals surface area (Å²) < 4.78 is 13.8. The van der Waals surface area contributed by atoms with Crippen molar-refractivity contribution in [2.45, 2.75) is 0 Å². The number of hydrogen-bond donors (Lipinski definition) is 0. The van der Waals surface area contributed by atoms with Crippen LogP contribution in [0.4, 0.5) is 34.1 Å². The fourth-order valence-corrected chi connectivity index (χ4v) is 11.8. The highest BCUT2D eigenvalue weighted by atomic mass is 16.3. The van der Waals surface area contributed by atoms with Gasteiger partial charge in [0.05, 0.1) is 28.1 Å². The lowest BCUT2D eigenvalue weighted by Crippen LogP contribution is -2.12. The van der Waals surface area contributed by atoms with Crippen LogP contribution >= 0.6 is 0 Å². The van der Waals surface area contributed by atoms with Crippen LogP contribution in [-0.2, 0) is 0 Å². The van der Waals surface area contributed by atoms with Crippen LogP contribution < -0.4 is 9.80 Å². The van der Waals surface area contributed by atoms with Crippen molar-refractivity contribution in [2.75, 3.05) is 9.80 Å². The van der Waals surface area contributed by atoms with Gasteiger partial charge in [0, 0.05) is 49.8 Å². The summed E-state index contributed by atoms with van der Waals surface area (Å²) in [6.07, 6.45) is 0. The average Bonchev–Trinajstić information content (AvgIpc) is 4.26. The molecule has 0 atom stereocenters. The highest BCUT2D eigenvalue weighted by Crippen LogP contribution is 2.49. The normalized spacial score (nSPS) is 11.6. The second-order valence-corrected chi connectivity index (χ2v) is 20.0. The summed E-state index contributed by atoms with van der Waals surface area (Å²) in [5.41, 5.74) is 18.9. The Hall–Kier alpha value is -10.4. The molecule has 0 aliphatic carbocycles. The summed E-state index contributed by atoms with van der Waals surface area (Å²) in [5.74, 6) is 0. The zero-order valence-electron chi connectivity index (χ0n) is 42.4. The van der Waals surface area contributed by atoms with Gasteiger partial charge >= 0.3 is 0 Å². The second-order valence-electron chi connectivity index (χ2n) is 20.0. The SMILES string of the molecule is c1ccc(-c2ccccc2N(c2ccc3cc4c(cc3c2)oc2c4ccc3oc4cc5cc(N(c6ccccc6-c6ccccc6)c6ccccc6-c6ccccc6)ccc5cc4c32)c2ccccc2-c2ccccc2)cc1. The van der Waals surface area contributed by atoms with Gasteiger partial charge in [-0.3, -0.25) is 0 Å². The topological polar surface area (TPSA) is 32.8 Å². The van der Waals surface area contributed by atoms with E-state index < -0.39 is 0 Å². The Kier molecular flexibility index (Phi) is 10.8. The largest absolute Gasteiger partial charge is 0.456 e. The quantitative estimate of drug-likeness (QED) is 0.137. The Bertz CT molecular complexity index is 4570. The van der Waals surface area contributed by atoms with Crippen molar-refractivity contribution in [1.82, 2.24) is 0 Å². The average molecular weight is 997 g/mol. The summed E-state index contributed by atoms with van der Waals surface area (Å²) in [6, 6.07) is 104. The first-order valence-electron chi connectivity index (χ1n) is 26.6. The van der Waals surface area contributed by atoms with Crippen LogP contribution in [0, 0.1) is 0 Å². The van der Waals surface area contributed by atoms with Crippen LogP contribution in [0.2, 0.25) is 0 Å². The molecule has 2 heterocycles. The molecule has 0 amide bonds. The predicted molar refractivity (Wildman–Crippen MR) is 327 cm³/mol. The molecule has 15 aromatic rings. The highest BCUT2D eigenvalue weighted by molar-refractivity contribution is 6.24. The van der Waals surface area contributed by atoms with E-state index in [0.29, 0.717) is 0 Å². The van der Waals surface area contributed by atoms with E-state index >= 15 is 0 Å². The number of anilines is 6. The number of furan rings is 2. The fraction of sp³-hybridized carbons (Fsp3) is 0. The lowest BCUT2D eigenvalue weighted by atomic mass is 9.98. The summed E-state index contributed by atoms with van der Waals surface area (Å²) in [5, 5.41) is 8.53. The van der Waals surface area contributed by atoms with Gasteiger partial charge in [0.2, 0.25) is 0 Å². The summed E-state index contributed by atoms with van der Waals surface area (Å²) in [4.78, 5) is 4.81. The molecule has 0 saturated heterocycles. The Morgan fingerprint density at radius 3 is 1.00 bits per heavy atom. The van der Waals surface area contributed by atoms with Gasteiger partial charge in [0.1, 0.15) is 22.3 Å². The monoisotopic (exact) mass is 996 g/mol. The zero-order chi connectivity index (χ0) is 51.5. The molecule has 0 radical (unpaired) electrons. The molecule has 13 aromatic carbocycles. The molecule has 2 aromatic heterocycles. The minimum absolute atomic E-state index is 0.791. The molecule has 0 bridgehead atoms. The number of hydrogen-bond acceptors (Lipinski definition) is 4. The van der Waals surface area contributed by atoms with E-state index in [1.807, 2.05) is 0 Å². The van der Waals surface area contributed by atoms with Crippen molar-refractivity contribution in [2.24, 2.45) is 0 Å². The number of nitrogens with zero attached hydrogens (tertiary/aromatic N) is 2. The summed E-state index contributed by atoms with van der Waals surface area (Å²) in [6.45, 7) is 0. The van der Waals surface area contributed by atoms with Crippen LogP contribution in [0.3, 0.4) is 0 Å². The molecule has 0 saturated carbocycles. The van der Waals surface area contributed by atoms with Crippen molar-refractivity contribution in [3.05, 3.63) is 291 Å². The van der Waals surface area contributed by atoms with Crippen molar-refractivity contribution < 1.29 is 8.83 Å². The maximum absolute atomic E-state index is 7.04. The molecular weight excluding hydrogens is 949 g/mol. The van der Waals surface area contributed by atoms with Crippen LogP contribution in [0.25, 0.3) is 110 Å². The highest BCUT2D eigenvalue weighted by Gasteiger charge is 2.24. The molecule has 4 heteroatoms. The van der Waals surface area contributed by atoms with Gasteiger partial charge in [-0.15, -0.1) is 0 Å². The molecule has 15 rings (SSSR count). The number of rotatable bonds is 10. The van der Waals surface area contributed by atoms with E-state index in [9.17, 15) is 0 Å². The molecule has 0 fully saturated rings. The summed E-state index contributed by atoms with van der Waals surface area (Å²) >= 11 is 0. The van der Waals surface area contributed by atoms with Gasteiger partial charge < -0.3 is 18.6 Å². The van der Waals surface area contributed by atoms with Gasteiger partial charge in [0.25, 0.3) is 0 Å². The maximum Gasteiger partial charge on any atom is 0.147 e. The Labute approximate surface area is 451 Å². The second kappa shape index (κ2) is 18.7.